The number of hydrogen-bond donors (Lipinski definition) is 3. The second-order valence-electron chi connectivity index (χ2n) is 8.79. The zero-order valence-corrected chi connectivity index (χ0v) is 19.3. The van der Waals surface area contributed by atoms with Crippen molar-refractivity contribution in [2.24, 2.45) is 5.92 Å². The maximum atomic E-state index is 14.4. The Balaban J connectivity index is 2.06. The number of ether oxygens (including phenoxy) is 2. The molecule has 1 aliphatic rings. The van der Waals surface area contributed by atoms with Crippen molar-refractivity contribution in [3.05, 3.63) is 53.4 Å². The van der Waals surface area contributed by atoms with Gasteiger partial charge in [0, 0.05) is 29.3 Å². The number of aromatic nitrogens is 1. The van der Waals surface area contributed by atoms with Crippen molar-refractivity contribution < 1.29 is 46.4 Å². The van der Waals surface area contributed by atoms with Crippen molar-refractivity contribution in [3.63, 3.8) is 0 Å². The number of methoxy groups -OCH3 is 1. The predicted molar refractivity (Wildman–Crippen MR) is 114 cm³/mol. The number of pyridine rings is 1. The Morgan fingerprint density at radius 3 is 2.51 bits per heavy atom. The summed E-state index contributed by atoms with van der Waals surface area (Å²) >= 11 is 0. The highest BCUT2D eigenvalue weighted by molar-refractivity contribution is 5.95. The monoisotopic (exact) mass is 504 g/mol. The van der Waals surface area contributed by atoms with Crippen LogP contribution in [0.15, 0.2) is 30.5 Å². The Morgan fingerprint density at radius 1 is 1.29 bits per heavy atom. The van der Waals surface area contributed by atoms with Gasteiger partial charge in [-0.05, 0) is 32.0 Å². The van der Waals surface area contributed by atoms with Crippen molar-refractivity contribution in [2.75, 3.05) is 19.0 Å². The van der Waals surface area contributed by atoms with Gasteiger partial charge in [0.15, 0.2) is 17.2 Å². The van der Waals surface area contributed by atoms with Gasteiger partial charge in [-0.3, -0.25) is 9.78 Å². The van der Waals surface area contributed by atoms with Crippen molar-refractivity contribution in [1.29, 1.82) is 0 Å². The van der Waals surface area contributed by atoms with E-state index in [9.17, 15) is 37.0 Å². The molecule has 1 aliphatic heterocycles. The second-order valence-corrected chi connectivity index (χ2v) is 8.79. The molecular formula is C23H25F5N2O5. The van der Waals surface area contributed by atoms with Gasteiger partial charge < -0.3 is 25.0 Å². The molecule has 0 radical (unpaired) electrons. The Bertz CT molecular complexity index is 1110. The summed E-state index contributed by atoms with van der Waals surface area (Å²) in [4.78, 5) is 17.1. The van der Waals surface area contributed by atoms with Crippen molar-refractivity contribution in [1.82, 2.24) is 4.98 Å². The molecule has 7 nitrogen and oxygen atoms in total. The fourth-order valence-corrected chi connectivity index (χ4v) is 4.14. The van der Waals surface area contributed by atoms with Gasteiger partial charge in [-0.2, -0.15) is 17.6 Å². The largest absolute Gasteiger partial charge is 0.493 e. The molecular weight excluding hydrogens is 479 g/mol. The van der Waals surface area contributed by atoms with Gasteiger partial charge in [-0.1, -0.05) is 13.0 Å². The molecule has 35 heavy (non-hydrogen) atoms. The molecule has 1 amide bonds. The summed E-state index contributed by atoms with van der Waals surface area (Å²) in [7, 11) is 1.03. The van der Waals surface area contributed by atoms with Gasteiger partial charge in [0.2, 0.25) is 5.82 Å². The lowest BCUT2D eigenvalue weighted by atomic mass is 9.77. The number of rotatable bonds is 6. The predicted octanol–water partition coefficient (Wildman–Crippen LogP) is 3.65. The molecule has 1 fully saturated rings. The highest BCUT2D eigenvalue weighted by atomic mass is 19.4. The number of aliphatic hydroxyl groups excluding tert-OH is 1. The van der Waals surface area contributed by atoms with Crippen LogP contribution in [0.5, 0.6) is 5.75 Å². The number of nitrogens with one attached hydrogen (secondary N) is 1. The summed E-state index contributed by atoms with van der Waals surface area (Å²) in [5, 5.41) is 22.0. The molecule has 1 aromatic carbocycles. The third-order valence-corrected chi connectivity index (χ3v) is 6.46. The molecule has 12 heteroatoms. The van der Waals surface area contributed by atoms with Crippen LogP contribution < -0.4 is 10.1 Å². The molecule has 0 unspecified atom stereocenters. The van der Waals surface area contributed by atoms with Crippen LogP contribution in [0.2, 0.25) is 0 Å². The van der Waals surface area contributed by atoms with E-state index in [4.69, 9.17) is 9.47 Å². The first-order valence-electron chi connectivity index (χ1n) is 10.5. The number of halogens is 5. The first-order chi connectivity index (χ1) is 16.2. The molecule has 3 N–H and O–H groups in total. The zero-order chi connectivity index (χ0) is 26.3. The van der Waals surface area contributed by atoms with Crippen LogP contribution in [0.25, 0.3) is 0 Å². The normalized spacial score (nSPS) is 26.3. The average Bonchev–Trinajstić information content (AvgIpc) is 3.07. The fourth-order valence-electron chi connectivity index (χ4n) is 4.14. The highest BCUT2D eigenvalue weighted by Gasteiger charge is 2.65. The van der Waals surface area contributed by atoms with Crippen molar-refractivity contribution >= 4 is 11.6 Å². The quantitative estimate of drug-likeness (QED) is 0.520. The number of anilines is 1. The highest BCUT2D eigenvalue weighted by Crippen LogP contribution is 2.55. The first kappa shape index (κ1) is 26.8. The third-order valence-electron chi connectivity index (χ3n) is 6.46. The lowest BCUT2D eigenvalue weighted by molar-refractivity contribution is -0.272. The Hall–Kier alpha value is -2.83. The first-order valence-corrected chi connectivity index (χ1v) is 10.5. The smallest absolute Gasteiger partial charge is 0.417 e. The number of aliphatic hydroxyl groups is 2. The van der Waals surface area contributed by atoms with E-state index in [0.717, 1.165) is 26.2 Å². The minimum Gasteiger partial charge on any atom is -0.493 e. The standard InChI is InChI=1S/C23H25F5N2O5/c1-11-16(13-5-6-14(24)17(25)18(13)34-4)19(35-22(11,3)23(26,27)28)20(32)30-12-7-8-29-15(9-12)21(2,33)10-31/h5-9,11,16,19,31,33H,10H2,1-4H3,(H,29,30,32)/t11-,16-,19+,21+,22+/m0/s1. The SMILES string of the molecule is COc1c([C@H]2[C@H](C(=O)Nc3ccnc([C@](C)(O)CO)c3)O[C@@](C)(C(F)(F)F)[C@H]2C)ccc(F)c1F. The summed E-state index contributed by atoms with van der Waals surface area (Å²) in [6.07, 6.45) is -5.44. The van der Waals surface area contributed by atoms with E-state index >= 15 is 0 Å². The van der Waals surface area contributed by atoms with E-state index in [1.165, 1.54) is 32.2 Å². The average molecular weight is 504 g/mol. The summed E-state index contributed by atoms with van der Waals surface area (Å²) in [5.41, 5.74) is -4.64. The molecule has 0 aliphatic carbocycles. The van der Waals surface area contributed by atoms with Crippen LogP contribution in [0, 0.1) is 17.6 Å². The van der Waals surface area contributed by atoms with Gasteiger partial charge in [0.1, 0.15) is 11.7 Å². The lowest BCUT2D eigenvalue weighted by Crippen LogP contribution is -2.47. The van der Waals surface area contributed by atoms with E-state index in [0.29, 0.717) is 0 Å². The molecule has 5 atom stereocenters. The van der Waals surface area contributed by atoms with E-state index < -0.39 is 65.2 Å². The minimum absolute atomic E-state index is 0.00235. The van der Waals surface area contributed by atoms with Crippen LogP contribution in [0.1, 0.15) is 37.9 Å². The molecule has 0 saturated carbocycles. The van der Waals surface area contributed by atoms with E-state index in [1.54, 1.807) is 0 Å². The zero-order valence-electron chi connectivity index (χ0n) is 19.3. The number of hydrogen-bond acceptors (Lipinski definition) is 6. The number of carbonyl (C=O) groups is 1. The maximum absolute atomic E-state index is 14.4. The van der Waals surface area contributed by atoms with Gasteiger partial charge in [-0.25, -0.2) is 4.39 Å². The molecule has 2 heterocycles. The van der Waals surface area contributed by atoms with Crippen LogP contribution in [0.3, 0.4) is 0 Å². The van der Waals surface area contributed by atoms with Crippen LogP contribution in [-0.4, -0.2) is 52.7 Å². The van der Waals surface area contributed by atoms with Gasteiger partial charge in [0.25, 0.3) is 5.91 Å². The number of alkyl halides is 3. The van der Waals surface area contributed by atoms with Crippen molar-refractivity contribution in [3.8, 4) is 5.75 Å². The van der Waals surface area contributed by atoms with Gasteiger partial charge in [-0.15, -0.1) is 0 Å². The molecule has 0 bridgehead atoms. The summed E-state index contributed by atoms with van der Waals surface area (Å²) < 4.78 is 80.5. The fraction of sp³-hybridized carbons (Fsp3) is 0.478. The van der Waals surface area contributed by atoms with Crippen LogP contribution >= 0.6 is 0 Å². The number of amides is 1. The van der Waals surface area contributed by atoms with Crippen LogP contribution in [-0.2, 0) is 15.1 Å². The summed E-state index contributed by atoms with van der Waals surface area (Å²) in [6, 6.07) is 4.36. The Kier molecular flexibility index (Phi) is 7.13. The number of nitrogens with zero attached hydrogens (tertiary/aromatic N) is 1. The Morgan fingerprint density at radius 2 is 1.94 bits per heavy atom. The Labute approximate surface area is 197 Å². The van der Waals surface area contributed by atoms with E-state index in [-0.39, 0.29) is 16.9 Å². The summed E-state index contributed by atoms with van der Waals surface area (Å²) in [5.74, 6) is -7.06. The molecule has 0 spiro atoms. The molecule has 3 rings (SSSR count). The maximum Gasteiger partial charge on any atom is 0.417 e. The third kappa shape index (κ3) is 4.69. The molecule has 192 valence electrons. The second kappa shape index (κ2) is 9.32. The van der Waals surface area contributed by atoms with Gasteiger partial charge >= 0.3 is 6.18 Å². The van der Waals surface area contributed by atoms with Gasteiger partial charge in [0.05, 0.1) is 19.4 Å². The molecule has 2 aromatic rings. The van der Waals surface area contributed by atoms with E-state index in [2.05, 4.69) is 10.3 Å². The lowest BCUT2D eigenvalue weighted by Gasteiger charge is -2.32. The van der Waals surface area contributed by atoms with Crippen LogP contribution in [0.4, 0.5) is 27.6 Å². The van der Waals surface area contributed by atoms with E-state index in [1.807, 2.05) is 0 Å². The topological polar surface area (TPSA) is 101 Å². The van der Waals surface area contributed by atoms with Crippen molar-refractivity contribution in [2.45, 2.75) is 50.2 Å². The number of carbonyl (C=O) groups excluding carboxylic acids is 1. The summed E-state index contributed by atoms with van der Waals surface area (Å²) in [6.45, 7) is 2.59. The number of benzene rings is 1. The minimum atomic E-state index is -4.89. The molecule has 1 aromatic heterocycles. The molecule has 1 saturated heterocycles.